The maximum atomic E-state index is 12.9. The highest BCUT2D eigenvalue weighted by Crippen LogP contribution is 2.18. The van der Waals surface area contributed by atoms with Crippen LogP contribution in [0.5, 0.6) is 0 Å². The molecule has 1 aromatic carbocycles. The zero-order valence-corrected chi connectivity index (χ0v) is 7.51. The van der Waals surface area contributed by atoms with E-state index in [0.717, 1.165) is 6.07 Å². The fourth-order valence-corrected chi connectivity index (χ4v) is 1.01. The van der Waals surface area contributed by atoms with E-state index >= 15 is 0 Å². The number of hydrogen-bond donors (Lipinski definition) is 1. The van der Waals surface area contributed by atoms with Crippen LogP contribution in [0, 0.1) is 11.6 Å². The van der Waals surface area contributed by atoms with Crippen molar-refractivity contribution in [3.8, 4) is 0 Å². The molecule has 0 radical (unpaired) electrons. The number of ether oxygens (including phenoxy) is 1. The van der Waals surface area contributed by atoms with Gasteiger partial charge in [-0.1, -0.05) is 0 Å². The average molecular weight is 201 g/mol. The molecular weight excluding hydrogens is 192 g/mol. The Morgan fingerprint density at radius 1 is 1.50 bits per heavy atom. The molecule has 0 amide bonds. The Bertz CT molecular complexity index is 366. The molecule has 0 atom stereocenters. The predicted octanol–water partition coefficient (Wildman–Crippen LogP) is 1.26. The van der Waals surface area contributed by atoms with Crippen LogP contribution in [-0.2, 0) is 16.0 Å². The molecule has 1 aromatic rings. The number of carbonyl (C=O) groups is 1. The second-order valence-electron chi connectivity index (χ2n) is 2.71. The molecular formula is C9H9F2NO2. The summed E-state index contributed by atoms with van der Waals surface area (Å²) in [5.41, 5.74) is 5.17. The zero-order valence-electron chi connectivity index (χ0n) is 7.51. The SMILES string of the molecule is COC(=O)Cc1cc(F)cc(F)c1N. The molecule has 0 aliphatic heterocycles. The number of carbonyl (C=O) groups excluding carboxylic acids is 1. The lowest BCUT2D eigenvalue weighted by molar-refractivity contribution is -0.139. The molecule has 0 bridgehead atoms. The van der Waals surface area contributed by atoms with Crippen LogP contribution >= 0.6 is 0 Å². The standard InChI is InChI=1S/C9H9F2NO2/c1-14-8(13)3-5-2-6(10)4-7(11)9(5)12/h2,4H,3,12H2,1H3. The Hall–Kier alpha value is -1.65. The van der Waals surface area contributed by atoms with Gasteiger partial charge in [0.2, 0.25) is 0 Å². The largest absolute Gasteiger partial charge is 0.469 e. The van der Waals surface area contributed by atoms with E-state index in [1.165, 1.54) is 7.11 Å². The first-order chi connectivity index (χ1) is 6.54. The third kappa shape index (κ3) is 2.18. The second kappa shape index (κ2) is 4.04. The van der Waals surface area contributed by atoms with E-state index in [1.807, 2.05) is 0 Å². The lowest BCUT2D eigenvalue weighted by Crippen LogP contribution is -2.08. The molecule has 2 N–H and O–H groups in total. The van der Waals surface area contributed by atoms with E-state index in [9.17, 15) is 13.6 Å². The van der Waals surface area contributed by atoms with Gasteiger partial charge in [0.1, 0.15) is 11.6 Å². The van der Waals surface area contributed by atoms with Gasteiger partial charge in [0.25, 0.3) is 0 Å². The van der Waals surface area contributed by atoms with E-state index in [-0.39, 0.29) is 17.7 Å². The molecule has 5 heteroatoms. The number of rotatable bonds is 2. The third-order valence-electron chi connectivity index (χ3n) is 1.74. The summed E-state index contributed by atoms with van der Waals surface area (Å²) < 4.78 is 29.9. The normalized spacial score (nSPS) is 9.93. The Balaban J connectivity index is 3.02. The highest BCUT2D eigenvalue weighted by molar-refractivity contribution is 5.74. The predicted molar refractivity (Wildman–Crippen MR) is 46.5 cm³/mol. The van der Waals surface area contributed by atoms with Crippen LogP contribution in [0.25, 0.3) is 0 Å². The van der Waals surface area contributed by atoms with Crippen molar-refractivity contribution in [2.24, 2.45) is 0 Å². The van der Waals surface area contributed by atoms with E-state index in [0.29, 0.717) is 6.07 Å². The van der Waals surface area contributed by atoms with Crippen molar-refractivity contribution in [2.45, 2.75) is 6.42 Å². The van der Waals surface area contributed by atoms with Crippen LogP contribution in [0.15, 0.2) is 12.1 Å². The summed E-state index contributed by atoms with van der Waals surface area (Å²) in [5.74, 6) is -2.23. The lowest BCUT2D eigenvalue weighted by atomic mass is 10.1. The van der Waals surface area contributed by atoms with Crippen molar-refractivity contribution in [3.63, 3.8) is 0 Å². The summed E-state index contributed by atoms with van der Waals surface area (Å²) in [4.78, 5) is 10.8. The number of esters is 1. The average Bonchev–Trinajstić information content (AvgIpc) is 2.13. The highest BCUT2D eigenvalue weighted by Gasteiger charge is 2.11. The summed E-state index contributed by atoms with van der Waals surface area (Å²) >= 11 is 0. The fraction of sp³-hybridized carbons (Fsp3) is 0.222. The molecule has 0 heterocycles. The Morgan fingerprint density at radius 3 is 2.71 bits per heavy atom. The van der Waals surface area contributed by atoms with Gasteiger partial charge in [0.15, 0.2) is 0 Å². The van der Waals surface area contributed by atoms with E-state index in [2.05, 4.69) is 4.74 Å². The van der Waals surface area contributed by atoms with Crippen molar-refractivity contribution < 1.29 is 18.3 Å². The number of benzene rings is 1. The van der Waals surface area contributed by atoms with Gasteiger partial charge in [-0.2, -0.15) is 0 Å². The number of nitrogen functional groups attached to an aromatic ring is 1. The smallest absolute Gasteiger partial charge is 0.310 e. The number of hydrogen-bond acceptors (Lipinski definition) is 3. The first kappa shape index (κ1) is 10.4. The summed E-state index contributed by atoms with van der Waals surface area (Å²) in [6, 6.07) is 1.67. The molecule has 0 unspecified atom stereocenters. The number of anilines is 1. The van der Waals surface area contributed by atoms with Gasteiger partial charge in [-0.15, -0.1) is 0 Å². The molecule has 1 rings (SSSR count). The van der Waals surface area contributed by atoms with Crippen LogP contribution in [0.4, 0.5) is 14.5 Å². The topological polar surface area (TPSA) is 52.3 Å². The van der Waals surface area contributed by atoms with E-state index < -0.39 is 17.6 Å². The molecule has 0 saturated heterocycles. The first-order valence-corrected chi connectivity index (χ1v) is 3.84. The Morgan fingerprint density at radius 2 is 2.14 bits per heavy atom. The van der Waals surface area contributed by atoms with Crippen LogP contribution in [0.3, 0.4) is 0 Å². The van der Waals surface area contributed by atoms with Gasteiger partial charge in [-0.05, 0) is 11.6 Å². The van der Waals surface area contributed by atoms with Gasteiger partial charge < -0.3 is 10.5 Å². The molecule has 14 heavy (non-hydrogen) atoms. The molecule has 0 aliphatic carbocycles. The van der Waals surface area contributed by atoms with E-state index in [1.54, 1.807) is 0 Å². The van der Waals surface area contributed by atoms with Gasteiger partial charge in [-0.25, -0.2) is 8.78 Å². The van der Waals surface area contributed by atoms with Crippen LogP contribution < -0.4 is 5.73 Å². The molecule has 0 saturated carbocycles. The summed E-state index contributed by atoms with van der Waals surface area (Å²) in [6.45, 7) is 0. The Kier molecular flexibility index (Phi) is 3.01. The van der Waals surface area contributed by atoms with Crippen molar-refractivity contribution in [3.05, 3.63) is 29.3 Å². The monoisotopic (exact) mass is 201 g/mol. The maximum Gasteiger partial charge on any atom is 0.310 e. The summed E-state index contributed by atoms with van der Waals surface area (Å²) in [5, 5.41) is 0. The lowest BCUT2D eigenvalue weighted by Gasteiger charge is -2.05. The van der Waals surface area contributed by atoms with Crippen molar-refractivity contribution in [1.82, 2.24) is 0 Å². The zero-order chi connectivity index (χ0) is 10.7. The van der Waals surface area contributed by atoms with Crippen LogP contribution in [-0.4, -0.2) is 13.1 Å². The highest BCUT2D eigenvalue weighted by atomic mass is 19.1. The fourth-order valence-electron chi connectivity index (χ4n) is 1.01. The quantitative estimate of drug-likeness (QED) is 0.579. The maximum absolute atomic E-state index is 12.9. The Labute approximate surface area is 79.5 Å². The second-order valence-corrected chi connectivity index (χ2v) is 2.71. The molecule has 3 nitrogen and oxygen atoms in total. The summed E-state index contributed by atoms with van der Waals surface area (Å²) in [7, 11) is 1.19. The molecule has 76 valence electrons. The van der Waals surface area contributed by atoms with Gasteiger partial charge >= 0.3 is 5.97 Å². The molecule has 0 aliphatic rings. The van der Waals surface area contributed by atoms with Crippen LogP contribution in [0.2, 0.25) is 0 Å². The van der Waals surface area contributed by atoms with Crippen LogP contribution in [0.1, 0.15) is 5.56 Å². The number of halogens is 2. The van der Waals surface area contributed by atoms with E-state index in [4.69, 9.17) is 5.73 Å². The number of nitrogens with two attached hydrogens (primary N) is 1. The first-order valence-electron chi connectivity index (χ1n) is 3.84. The minimum Gasteiger partial charge on any atom is -0.469 e. The van der Waals surface area contributed by atoms with Crippen molar-refractivity contribution >= 4 is 11.7 Å². The molecule has 0 spiro atoms. The minimum atomic E-state index is -0.871. The molecule has 0 fully saturated rings. The van der Waals surface area contributed by atoms with Gasteiger partial charge in [-0.3, -0.25) is 4.79 Å². The van der Waals surface area contributed by atoms with Gasteiger partial charge in [0, 0.05) is 6.07 Å². The van der Waals surface area contributed by atoms with Crippen molar-refractivity contribution in [1.29, 1.82) is 0 Å². The minimum absolute atomic E-state index is 0.0920. The number of methoxy groups -OCH3 is 1. The molecule has 0 aromatic heterocycles. The van der Waals surface area contributed by atoms with Crippen molar-refractivity contribution in [2.75, 3.05) is 12.8 Å². The third-order valence-corrected chi connectivity index (χ3v) is 1.74. The van der Waals surface area contributed by atoms with Gasteiger partial charge in [0.05, 0.1) is 19.2 Å². The summed E-state index contributed by atoms with van der Waals surface area (Å²) in [6.07, 6.45) is -0.239.